The molecule has 20 heavy (non-hydrogen) atoms. The number of amides is 1. The minimum Gasteiger partial charge on any atom is -0.348 e. The molecule has 0 saturated heterocycles. The second kappa shape index (κ2) is 5.03. The number of aromatic nitrogens is 3. The largest absolute Gasteiger partial charge is 0.348 e. The third-order valence-corrected chi connectivity index (χ3v) is 3.41. The van der Waals surface area contributed by atoms with Crippen LogP contribution in [-0.4, -0.2) is 26.9 Å². The van der Waals surface area contributed by atoms with Crippen LogP contribution in [0.3, 0.4) is 0 Å². The molecule has 1 aromatic carbocycles. The van der Waals surface area contributed by atoms with Crippen molar-refractivity contribution in [3.8, 4) is 0 Å². The smallest absolute Gasteiger partial charge is 0.273 e. The van der Waals surface area contributed by atoms with Gasteiger partial charge in [0, 0.05) is 11.6 Å². The zero-order chi connectivity index (χ0) is 14.1. The van der Waals surface area contributed by atoms with Gasteiger partial charge in [-0.3, -0.25) is 4.79 Å². The summed E-state index contributed by atoms with van der Waals surface area (Å²) in [6.45, 7) is 1.82. The summed E-state index contributed by atoms with van der Waals surface area (Å²) in [5.41, 5.74) is 0.784. The molecule has 104 valence electrons. The van der Waals surface area contributed by atoms with E-state index >= 15 is 0 Å². The fourth-order valence-corrected chi connectivity index (χ4v) is 2.01. The summed E-state index contributed by atoms with van der Waals surface area (Å²) in [4.78, 5) is 11.8. The number of nitrogens with one attached hydrogen (secondary N) is 1. The number of benzene rings is 1. The van der Waals surface area contributed by atoms with E-state index in [0.717, 1.165) is 12.8 Å². The number of hydrogen-bond acceptors (Lipinski definition) is 3. The predicted octanol–water partition coefficient (Wildman–Crippen LogP) is 1.92. The van der Waals surface area contributed by atoms with Gasteiger partial charge in [0.1, 0.15) is 5.82 Å². The fraction of sp³-hybridized carbons (Fsp3) is 0.357. The van der Waals surface area contributed by atoms with E-state index in [2.05, 4.69) is 15.6 Å². The highest BCUT2D eigenvalue weighted by molar-refractivity contribution is 5.92. The third kappa shape index (κ3) is 2.54. The highest BCUT2D eigenvalue weighted by atomic mass is 19.1. The Morgan fingerprint density at radius 1 is 1.45 bits per heavy atom. The Bertz CT molecular complexity index is 636. The molecule has 1 fully saturated rings. The molecular weight excluding hydrogens is 259 g/mol. The first-order valence-corrected chi connectivity index (χ1v) is 6.62. The van der Waals surface area contributed by atoms with Crippen molar-refractivity contribution in [1.82, 2.24) is 20.3 Å². The van der Waals surface area contributed by atoms with Gasteiger partial charge in [0.2, 0.25) is 0 Å². The molecule has 0 radical (unpaired) electrons. The average Bonchev–Trinajstić information content (AvgIpc) is 3.11. The molecule has 0 unspecified atom stereocenters. The van der Waals surface area contributed by atoms with Gasteiger partial charge >= 0.3 is 0 Å². The summed E-state index contributed by atoms with van der Waals surface area (Å²) < 4.78 is 15.2. The van der Waals surface area contributed by atoms with Gasteiger partial charge in [0.15, 0.2) is 5.69 Å². The number of hydrogen-bond donors (Lipinski definition) is 1. The second-order valence-electron chi connectivity index (χ2n) is 5.03. The Hall–Kier alpha value is -2.24. The molecule has 1 amide bonds. The maximum absolute atomic E-state index is 13.7. The lowest BCUT2D eigenvalue weighted by Gasteiger charge is -2.12. The minimum absolute atomic E-state index is 0.223. The standard InChI is InChI=1S/C14H15FN4O/c1-9(11-4-2-3-5-12(11)15)19-8-13(17-18-19)14(20)16-10-6-7-10/h2-5,8-10H,6-7H2,1H3,(H,16,20)/t9-/m0/s1. The highest BCUT2D eigenvalue weighted by Crippen LogP contribution is 2.21. The van der Waals surface area contributed by atoms with Crippen LogP contribution >= 0.6 is 0 Å². The summed E-state index contributed by atoms with van der Waals surface area (Å²) in [5, 5.41) is 10.6. The third-order valence-electron chi connectivity index (χ3n) is 3.41. The van der Waals surface area contributed by atoms with E-state index in [1.807, 2.05) is 6.92 Å². The number of halogens is 1. The first-order chi connectivity index (χ1) is 9.65. The molecule has 1 aliphatic rings. The Morgan fingerprint density at radius 3 is 2.90 bits per heavy atom. The SMILES string of the molecule is C[C@@H](c1ccccc1F)n1cc(C(=O)NC2CC2)nn1. The lowest BCUT2D eigenvalue weighted by atomic mass is 10.1. The summed E-state index contributed by atoms with van der Waals surface area (Å²) in [7, 11) is 0. The van der Waals surface area contributed by atoms with Gasteiger partial charge in [0.05, 0.1) is 12.2 Å². The van der Waals surface area contributed by atoms with Gasteiger partial charge in [0.25, 0.3) is 5.91 Å². The quantitative estimate of drug-likeness (QED) is 0.926. The van der Waals surface area contributed by atoms with Crippen LogP contribution in [0.4, 0.5) is 4.39 Å². The maximum Gasteiger partial charge on any atom is 0.273 e. The van der Waals surface area contributed by atoms with Crippen LogP contribution in [0.5, 0.6) is 0 Å². The lowest BCUT2D eigenvalue weighted by Crippen LogP contribution is -2.25. The van der Waals surface area contributed by atoms with Gasteiger partial charge < -0.3 is 5.32 Å². The highest BCUT2D eigenvalue weighted by Gasteiger charge is 2.25. The summed E-state index contributed by atoms with van der Waals surface area (Å²) in [6.07, 6.45) is 3.59. The zero-order valence-corrected chi connectivity index (χ0v) is 11.1. The number of nitrogens with zero attached hydrogens (tertiary/aromatic N) is 3. The Labute approximate surface area is 115 Å². The molecule has 0 bridgehead atoms. The molecule has 2 aromatic rings. The zero-order valence-electron chi connectivity index (χ0n) is 11.1. The Balaban J connectivity index is 1.78. The van der Waals surface area contributed by atoms with Crippen molar-refractivity contribution < 1.29 is 9.18 Å². The van der Waals surface area contributed by atoms with E-state index in [4.69, 9.17) is 0 Å². The molecule has 1 aromatic heterocycles. The van der Waals surface area contributed by atoms with E-state index < -0.39 is 0 Å². The molecule has 6 heteroatoms. The van der Waals surface area contributed by atoms with Gasteiger partial charge in [-0.25, -0.2) is 9.07 Å². The topological polar surface area (TPSA) is 59.8 Å². The number of carbonyl (C=O) groups is 1. The van der Waals surface area contributed by atoms with Crippen molar-refractivity contribution in [2.24, 2.45) is 0 Å². The van der Waals surface area contributed by atoms with Crippen LogP contribution in [0.1, 0.15) is 41.9 Å². The van der Waals surface area contributed by atoms with Crippen LogP contribution in [-0.2, 0) is 0 Å². The summed E-state index contributed by atoms with van der Waals surface area (Å²) in [6, 6.07) is 6.48. The van der Waals surface area contributed by atoms with Crippen molar-refractivity contribution in [2.45, 2.75) is 31.8 Å². The first-order valence-electron chi connectivity index (χ1n) is 6.62. The van der Waals surface area contributed by atoms with Crippen LogP contribution in [0, 0.1) is 5.82 Å². The molecule has 1 N–H and O–H groups in total. The second-order valence-corrected chi connectivity index (χ2v) is 5.03. The van der Waals surface area contributed by atoms with Crippen LogP contribution < -0.4 is 5.32 Å². The van der Waals surface area contributed by atoms with Crippen LogP contribution in [0.2, 0.25) is 0 Å². The molecule has 0 spiro atoms. The van der Waals surface area contributed by atoms with Crippen LogP contribution in [0.25, 0.3) is 0 Å². The van der Waals surface area contributed by atoms with Crippen molar-refractivity contribution in [1.29, 1.82) is 0 Å². The fourth-order valence-electron chi connectivity index (χ4n) is 2.01. The van der Waals surface area contributed by atoms with E-state index in [0.29, 0.717) is 5.56 Å². The molecule has 1 heterocycles. The summed E-state index contributed by atoms with van der Waals surface area (Å²) >= 11 is 0. The van der Waals surface area contributed by atoms with E-state index in [1.54, 1.807) is 24.4 Å². The minimum atomic E-state index is -0.314. The van der Waals surface area contributed by atoms with Crippen molar-refractivity contribution in [3.63, 3.8) is 0 Å². The number of carbonyl (C=O) groups excluding carboxylic acids is 1. The van der Waals surface area contributed by atoms with E-state index in [9.17, 15) is 9.18 Å². The molecule has 5 nitrogen and oxygen atoms in total. The molecular formula is C14H15FN4O. The average molecular weight is 274 g/mol. The Morgan fingerprint density at radius 2 is 2.20 bits per heavy atom. The predicted molar refractivity (Wildman–Crippen MR) is 70.7 cm³/mol. The van der Waals surface area contributed by atoms with Crippen LogP contribution in [0.15, 0.2) is 30.5 Å². The first kappa shape index (κ1) is 12.8. The van der Waals surface area contributed by atoms with Gasteiger partial charge in [-0.2, -0.15) is 0 Å². The molecule has 1 aliphatic carbocycles. The van der Waals surface area contributed by atoms with E-state index in [-0.39, 0.29) is 29.5 Å². The Kier molecular flexibility index (Phi) is 3.22. The van der Waals surface area contributed by atoms with Gasteiger partial charge in [-0.15, -0.1) is 5.10 Å². The van der Waals surface area contributed by atoms with E-state index in [1.165, 1.54) is 10.7 Å². The van der Waals surface area contributed by atoms with Crippen molar-refractivity contribution >= 4 is 5.91 Å². The van der Waals surface area contributed by atoms with Crippen molar-refractivity contribution in [3.05, 3.63) is 47.5 Å². The molecule has 3 rings (SSSR count). The van der Waals surface area contributed by atoms with Gasteiger partial charge in [-0.05, 0) is 25.8 Å². The lowest BCUT2D eigenvalue weighted by molar-refractivity contribution is 0.0946. The molecule has 0 aliphatic heterocycles. The monoisotopic (exact) mass is 274 g/mol. The normalized spacial score (nSPS) is 15.9. The van der Waals surface area contributed by atoms with Crippen molar-refractivity contribution in [2.75, 3.05) is 0 Å². The maximum atomic E-state index is 13.7. The van der Waals surface area contributed by atoms with Gasteiger partial charge in [-0.1, -0.05) is 23.4 Å². The molecule has 1 atom stereocenters. The molecule has 1 saturated carbocycles. The summed E-state index contributed by atoms with van der Waals surface area (Å²) in [5.74, 6) is -0.515. The number of rotatable bonds is 4.